The topological polar surface area (TPSA) is 126 Å². The number of sulfonamides is 1. The number of amides is 1. The molecule has 1 saturated carbocycles. The first-order valence-electron chi connectivity index (χ1n) is 12.7. The van der Waals surface area contributed by atoms with Gasteiger partial charge in [0.25, 0.3) is 10.0 Å². The molecule has 1 aliphatic carbocycles. The number of nitrogens with zero attached hydrogens (tertiary/aromatic N) is 7. The first-order chi connectivity index (χ1) is 18.6. The molecule has 39 heavy (non-hydrogen) atoms. The number of hydrogen-bond donors (Lipinski definition) is 1. The van der Waals surface area contributed by atoms with Crippen LogP contribution in [-0.2, 0) is 21.9 Å². The van der Waals surface area contributed by atoms with Crippen molar-refractivity contribution in [2.75, 3.05) is 19.6 Å². The number of hydrogen-bond acceptors (Lipinski definition) is 7. The molecule has 1 aliphatic heterocycles. The van der Waals surface area contributed by atoms with Crippen molar-refractivity contribution in [2.45, 2.75) is 36.9 Å². The number of carbonyl (C=O) groups is 1. The lowest BCUT2D eigenvalue weighted by Gasteiger charge is -2.44. The fourth-order valence-electron chi connectivity index (χ4n) is 5.45. The predicted octanol–water partition coefficient (Wildman–Crippen LogP) is 1.95. The second-order valence-corrected chi connectivity index (χ2v) is 12.1. The van der Waals surface area contributed by atoms with Crippen molar-refractivity contribution < 1.29 is 22.7 Å². The van der Waals surface area contributed by atoms with E-state index in [1.807, 2.05) is 19.1 Å². The Morgan fingerprint density at radius 3 is 2.49 bits per heavy atom. The summed E-state index contributed by atoms with van der Waals surface area (Å²) in [5.74, 6) is -0.699. The first kappa shape index (κ1) is 25.6. The van der Waals surface area contributed by atoms with Gasteiger partial charge in [0.2, 0.25) is 10.9 Å². The molecule has 0 unspecified atom stereocenters. The lowest BCUT2D eigenvalue weighted by atomic mass is 9.80. The molecule has 1 N–H and O–H groups in total. The quantitative estimate of drug-likeness (QED) is 0.400. The van der Waals surface area contributed by atoms with E-state index in [1.54, 1.807) is 35.0 Å². The maximum Gasteiger partial charge on any atom is 0.264 e. The first-order valence-corrected chi connectivity index (χ1v) is 14.1. The van der Waals surface area contributed by atoms with Crippen molar-refractivity contribution >= 4 is 26.8 Å². The molecule has 3 heterocycles. The number of carbonyl (C=O) groups excluding carboxylic acids is 1. The zero-order valence-electron chi connectivity index (χ0n) is 21.5. The van der Waals surface area contributed by atoms with Gasteiger partial charge in [0.1, 0.15) is 5.82 Å². The number of aliphatic hydroxyl groups is 1. The van der Waals surface area contributed by atoms with E-state index < -0.39 is 22.2 Å². The number of benzene rings is 2. The van der Waals surface area contributed by atoms with Gasteiger partial charge in [-0.05, 0) is 67.3 Å². The van der Waals surface area contributed by atoms with Crippen LogP contribution in [0.4, 0.5) is 4.39 Å². The maximum atomic E-state index is 13.5. The van der Waals surface area contributed by atoms with Crippen molar-refractivity contribution in [1.29, 1.82) is 0 Å². The van der Waals surface area contributed by atoms with E-state index in [0.717, 1.165) is 22.0 Å². The molecule has 11 nitrogen and oxygen atoms in total. The monoisotopic (exact) mass is 553 g/mol. The van der Waals surface area contributed by atoms with Crippen LogP contribution < -0.4 is 0 Å². The Kier molecular flexibility index (Phi) is 6.24. The third-order valence-electron chi connectivity index (χ3n) is 7.66. The Hall–Kier alpha value is -3.68. The number of halogens is 1. The Morgan fingerprint density at radius 1 is 1.08 bits per heavy atom. The standard InChI is InChI=1S/C26H28FN7O4S/c1-16-9-23-18(13-29-34(23)20-5-3-19(27)4-6-20)12-22(16)24-15-32(39(37,38)25-14-28-31(2)30-25)7-8-33(24)26(36)17-10-21(35)11-17/h3-6,9,12-14,17,21,24,35H,7-8,10-11,15H2,1-2H3/t17-,21+,24-/m1/s1. The average Bonchev–Trinajstić information content (AvgIpc) is 3.52. The van der Waals surface area contributed by atoms with E-state index in [0.29, 0.717) is 18.5 Å². The Balaban J connectivity index is 1.39. The van der Waals surface area contributed by atoms with Crippen LogP contribution in [0.3, 0.4) is 0 Å². The fraction of sp³-hybridized carbons (Fsp3) is 0.385. The van der Waals surface area contributed by atoms with Crippen LogP contribution in [0.5, 0.6) is 0 Å². The summed E-state index contributed by atoms with van der Waals surface area (Å²) in [5, 5.41) is 22.9. The molecule has 4 aromatic rings. The molecule has 2 aromatic heterocycles. The van der Waals surface area contributed by atoms with Crippen LogP contribution in [0.2, 0.25) is 0 Å². The van der Waals surface area contributed by atoms with E-state index in [2.05, 4.69) is 15.3 Å². The highest BCUT2D eigenvalue weighted by molar-refractivity contribution is 7.89. The second-order valence-electron chi connectivity index (χ2n) is 10.2. The lowest BCUT2D eigenvalue weighted by Crippen LogP contribution is -2.55. The van der Waals surface area contributed by atoms with E-state index in [4.69, 9.17) is 0 Å². The lowest BCUT2D eigenvalue weighted by molar-refractivity contribution is -0.146. The highest BCUT2D eigenvalue weighted by Gasteiger charge is 2.43. The van der Waals surface area contributed by atoms with Crippen LogP contribution in [0.25, 0.3) is 16.6 Å². The van der Waals surface area contributed by atoms with Gasteiger partial charge in [-0.15, -0.1) is 5.10 Å². The summed E-state index contributed by atoms with van der Waals surface area (Å²) in [6.07, 6.45) is 3.26. The summed E-state index contributed by atoms with van der Waals surface area (Å²) in [6.45, 7) is 2.31. The van der Waals surface area contributed by atoms with Crippen LogP contribution in [0.15, 0.2) is 53.8 Å². The summed E-state index contributed by atoms with van der Waals surface area (Å²) >= 11 is 0. The zero-order chi connectivity index (χ0) is 27.5. The summed E-state index contributed by atoms with van der Waals surface area (Å²) in [7, 11) is -2.38. The third kappa shape index (κ3) is 4.49. The molecular weight excluding hydrogens is 525 g/mol. The van der Waals surface area contributed by atoms with Gasteiger partial charge in [-0.2, -0.15) is 19.3 Å². The highest BCUT2D eigenvalue weighted by Crippen LogP contribution is 2.37. The van der Waals surface area contributed by atoms with E-state index in [1.165, 1.54) is 27.4 Å². The Morgan fingerprint density at radius 2 is 1.82 bits per heavy atom. The van der Waals surface area contributed by atoms with Gasteiger partial charge in [-0.1, -0.05) is 0 Å². The minimum Gasteiger partial charge on any atom is -0.393 e. The number of rotatable bonds is 5. The molecule has 0 radical (unpaired) electrons. The molecule has 1 amide bonds. The van der Waals surface area contributed by atoms with E-state index >= 15 is 0 Å². The number of fused-ring (bicyclic) bond motifs is 1. The Bertz CT molecular complexity index is 1660. The predicted molar refractivity (Wildman–Crippen MR) is 139 cm³/mol. The van der Waals surface area contributed by atoms with Crippen LogP contribution in [-0.4, -0.2) is 79.1 Å². The molecule has 0 bridgehead atoms. The number of piperazine rings is 1. The van der Waals surface area contributed by atoms with Gasteiger partial charge in [-0.25, -0.2) is 17.5 Å². The summed E-state index contributed by atoms with van der Waals surface area (Å²) < 4.78 is 43.4. The molecule has 2 aliphatic rings. The normalized spacial score (nSPS) is 22.3. The summed E-state index contributed by atoms with van der Waals surface area (Å²) in [6, 6.07) is 9.39. The molecule has 0 spiro atoms. The number of aryl methyl sites for hydroxylation is 2. The van der Waals surface area contributed by atoms with Gasteiger partial charge in [0, 0.05) is 38.0 Å². The summed E-state index contributed by atoms with van der Waals surface area (Å²) in [5.41, 5.74) is 3.19. The van der Waals surface area contributed by atoms with E-state index in [-0.39, 0.29) is 42.3 Å². The minimum absolute atomic E-state index is 0.0539. The number of aliphatic hydroxyl groups excluding tert-OH is 1. The van der Waals surface area contributed by atoms with Gasteiger partial charge >= 0.3 is 0 Å². The van der Waals surface area contributed by atoms with Gasteiger partial charge < -0.3 is 10.0 Å². The molecule has 204 valence electrons. The largest absolute Gasteiger partial charge is 0.393 e. The molecular formula is C26H28FN7O4S. The summed E-state index contributed by atoms with van der Waals surface area (Å²) in [4.78, 5) is 16.5. The van der Waals surface area contributed by atoms with Gasteiger partial charge in [0.05, 0.1) is 35.7 Å². The molecule has 2 fully saturated rings. The van der Waals surface area contributed by atoms with Crippen LogP contribution in [0, 0.1) is 18.7 Å². The second kappa shape index (κ2) is 9.50. The molecule has 13 heteroatoms. The number of aromatic nitrogens is 5. The molecule has 6 rings (SSSR count). The van der Waals surface area contributed by atoms with Crippen molar-refractivity contribution in [3.05, 3.63) is 65.7 Å². The van der Waals surface area contributed by atoms with Crippen LogP contribution >= 0.6 is 0 Å². The van der Waals surface area contributed by atoms with Gasteiger partial charge in [0.15, 0.2) is 0 Å². The smallest absolute Gasteiger partial charge is 0.264 e. The van der Waals surface area contributed by atoms with E-state index in [9.17, 15) is 22.7 Å². The third-order valence-corrected chi connectivity index (χ3v) is 9.38. The maximum absolute atomic E-state index is 13.5. The van der Waals surface area contributed by atoms with Crippen molar-refractivity contribution in [1.82, 2.24) is 34.0 Å². The van der Waals surface area contributed by atoms with Gasteiger partial charge in [-0.3, -0.25) is 4.79 Å². The highest BCUT2D eigenvalue weighted by atomic mass is 32.2. The molecule has 2 aromatic carbocycles. The van der Waals surface area contributed by atoms with Crippen molar-refractivity contribution in [2.24, 2.45) is 13.0 Å². The van der Waals surface area contributed by atoms with Crippen molar-refractivity contribution in [3.8, 4) is 5.69 Å². The molecule has 1 saturated heterocycles. The molecule has 1 atom stereocenters. The minimum atomic E-state index is -3.93. The zero-order valence-corrected chi connectivity index (χ0v) is 22.3. The average molecular weight is 554 g/mol. The Labute approximate surface area is 224 Å². The SMILES string of the molecule is Cc1cc2c(cnn2-c2ccc(F)cc2)cc1[C@H]1CN(S(=O)(=O)c2cnn(C)n2)CCN1C(=O)[C@H]1C[C@@H](O)C1. The van der Waals surface area contributed by atoms with Crippen LogP contribution in [0.1, 0.15) is 30.0 Å². The fourth-order valence-corrected chi connectivity index (χ4v) is 6.78. The van der Waals surface area contributed by atoms with Crippen molar-refractivity contribution in [3.63, 3.8) is 0 Å².